The van der Waals surface area contributed by atoms with Crippen LogP contribution in [0.25, 0.3) is 0 Å². The number of rotatable bonds is 5. The van der Waals surface area contributed by atoms with Crippen LogP contribution in [0, 0.1) is 0 Å². The number of nitrogens with one attached hydrogen (secondary N) is 1. The van der Waals surface area contributed by atoms with Crippen molar-refractivity contribution in [2.75, 3.05) is 13.2 Å². The van der Waals surface area contributed by atoms with Gasteiger partial charge in [0.1, 0.15) is 5.75 Å². The van der Waals surface area contributed by atoms with Gasteiger partial charge in [0.05, 0.1) is 6.61 Å². The molecule has 4 nitrogen and oxygen atoms in total. The summed E-state index contributed by atoms with van der Waals surface area (Å²) >= 11 is 0. The number of nitrogens with two attached hydrogens (primary N) is 1. The van der Waals surface area contributed by atoms with E-state index in [2.05, 4.69) is 12.2 Å². The highest BCUT2D eigenvalue weighted by molar-refractivity contribution is 5.94. The van der Waals surface area contributed by atoms with Crippen LogP contribution in [0.15, 0.2) is 18.2 Å². The number of hydrogen-bond acceptors (Lipinski definition) is 3. The third-order valence-corrected chi connectivity index (χ3v) is 3.21. The van der Waals surface area contributed by atoms with E-state index < -0.39 is 0 Å². The maximum Gasteiger partial charge on any atom is 0.251 e. The van der Waals surface area contributed by atoms with E-state index in [4.69, 9.17) is 10.5 Å². The van der Waals surface area contributed by atoms with E-state index in [1.54, 1.807) is 6.07 Å². The van der Waals surface area contributed by atoms with Gasteiger partial charge in [0.15, 0.2) is 0 Å². The van der Waals surface area contributed by atoms with Crippen LogP contribution in [-0.4, -0.2) is 25.1 Å². The zero-order valence-corrected chi connectivity index (χ0v) is 10.7. The Balaban J connectivity index is 2.04. The lowest BCUT2D eigenvalue weighted by Gasteiger charge is -2.16. The molecule has 1 aliphatic heterocycles. The van der Waals surface area contributed by atoms with Gasteiger partial charge in [0, 0.05) is 24.6 Å². The maximum atomic E-state index is 12.1. The lowest BCUT2D eigenvalue weighted by molar-refractivity contribution is 0.0936. The van der Waals surface area contributed by atoms with Crippen molar-refractivity contribution in [3.05, 3.63) is 29.3 Å². The number of fused-ring (bicyclic) bond motifs is 1. The lowest BCUT2D eigenvalue weighted by atomic mass is 10.1. The third kappa shape index (κ3) is 2.82. The number of amides is 1. The molecule has 0 aliphatic carbocycles. The van der Waals surface area contributed by atoms with Crippen molar-refractivity contribution in [3.8, 4) is 5.75 Å². The standard InChI is InChI=1S/C14H20N2O2/c1-2-3-12(9-15)16-14(17)11-4-5-13-10(8-11)6-7-18-13/h4-5,8,12H,2-3,6-7,9,15H2,1H3,(H,16,17). The normalized spacial score (nSPS) is 14.8. The van der Waals surface area contributed by atoms with Gasteiger partial charge in [-0.1, -0.05) is 13.3 Å². The predicted octanol–water partition coefficient (Wildman–Crippen LogP) is 1.48. The molecular formula is C14H20N2O2. The van der Waals surface area contributed by atoms with Gasteiger partial charge in [-0.25, -0.2) is 0 Å². The van der Waals surface area contributed by atoms with Gasteiger partial charge in [-0.05, 0) is 30.2 Å². The Hall–Kier alpha value is -1.55. The smallest absolute Gasteiger partial charge is 0.251 e. The Morgan fingerprint density at radius 3 is 3.11 bits per heavy atom. The predicted molar refractivity (Wildman–Crippen MR) is 70.9 cm³/mol. The first-order chi connectivity index (χ1) is 8.74. The fourth-order valence-corrected chi connectivity index (χ4v) is 2.19. The largest absolute Gasteiger partial charge is 0.493 e. The Kier molecular flexibility index (Phi) is 4.20. The van der Waals surface area contributed by atoms with E-state index in [1.807, 2.05) is 12.1 Å². The summed E-state index contributed by atoms with van der Waals surface area (Å²) in [6, 6.07) is 5.65. The third-order valence-electron chi connectivity index (χ3n) is 3.21. The second kappa shape index (κ2) is 5.87. The molecule has 1 atom stereocenters. The molecule has 1 aliphatic rings. The molecule has 0 spiro atoms. The van der Waals surface area contributed by atoms with Gasteiger partial charge in [-0.15, -0.1) is 0 Å². The molecule has 1 unspecified atom stereocenters. The molecule has 4 heteroatoms. The van der Waals surface area contributed by atoms with Gasteiger partial charge < -0.3 is 15.8 Å². The van der Waals surface area contributed by atoms with E-state index in [9.17, 15) is 4.79 Å². The van der Waals surface area contributed by atoms with Crippen molar-refractivity contribution in [1.29, 1.82) is 0 Å². The maximum absolute atomic E-state index is 12.1. The Bertz CT molecular complexity index is 432. The van der Waals surface area contributed by atoms with E-state index in [-0.39, 0.29) is 11.9 Å². The molecule has 0 aromatic heterocycles. The fraction of sp³-hybridized carbons (Fsp3) is 0.500. The first kappa shape index (κ1) is 12.9. The number of benzene rings is 1. The minimum absolute atomic E-state index is 0.0476. The van der Waals surface area contributed by atoms with E-state index in [1.165, 1.54) is 0 Å². The molecule has 0 fully saturated rings. The molecule has 3 N–H and O–H groups in total. The monoisotopic (exact) mass is 248 g/mol. The Morgan fingerprint density at radius 1 is 1.56 bits per heavy atom. The molecule has 0 saturated carbocycles. The lowest BCUT2D eigenvalue weighted by Crippen LogP contribution is -2.40. The summed E-state index contributed by atoms with van der Waals surface area (Å²) < 4.78 is 5.42. The zero-order chi connectivity index (χ0) is 13.0. The van der Waals surface area contributed by atoms with Crippen LogP contribution in [0.1, 0.15) is 35.7 Å². The summed E-state index contributed by atoms with van der Waals surface area (Å²) in [4.78, 5) is 12.1. The summed E-state index contributed by atoms with van der Waals surface area (Å²) in [7, 11) is 0. The van der Waals surface area contributed by atoms with Gasteiger partial charge in [-0.2, -0.15) is 0 Å². The van der Waals surface area contributed by atoms with Gasteiger partial charge in [-0.3, -0.25) is 4.79 Å². The molecule has 2 rings (SSSR count). The van der Waals surface area contributed by atoms with Crippen LogP contribution in [0.4, 0.5) is 0 Å². The quantitative estimate of drug-likeness (QED) is 0.829. The average Bonchev–Trinajstić information content (AvgIpc) is 2.85. The number of hydrogen-bond donors (Lipinski definition) is 2. The highest BCUT2D eigenvalue weighted by atomic mass is 16.5. The second-order valence-electron chi connectivity index (χ2n) is 4.62. The van der Waals surface area contributed by atoms with Gasteiger partial charge >= 0.3 is 0 Å². The van der Waals surface area contributed by atoms with Crippen LogP contribution < -0.4 is 15.8 Å². The Morgan fingerprint density at radius 2 is 2.39 bits per heavy atom. The summed E-state index contributed by atoms with van der Waals surface area (Å²) in [5.41, 5.74) is 7.44. The summed E-state index contributed by atoms with van der Waals surface area (Å²) in [6.45, 7) is 3.27. The molecular weight excluding hydrogens is 228 g/mol. The molecule has 0 saturated heterocycles. The SMILES string of the molecule is CCCC(CN)NC(=O)c1ccc2c(c1)CCO2. The van der Waals surface area contributed by atoms with Crippen LogP contribution >= 0.6 is 0 Å². The molecule has 98 valence electrons. The molecule has 0 bridgehead atoms. The number of ether oxygens (including phenoxy) is 1. The number of carbonyl (C=O) groups excluding carboxylic acids is 1. The Labute approximate surface area is 108 Å². The first-order valence-electron chi connectivity index (χ1n) is 6.51. The molecule has 1 amide bonds. The highest BCUT2D eigenvalue weighted by Crippen LogP contribution is 2.25. The zero-order valence-electron chi connectivity index (χ0n) is 10.7. The van der Waals surface area contributed by atoms with Crippen molar-refractivity contribution in [2.45, 2.75) is 32.2 Å². The van der Waals surface area contributed by atoms with E-state index >= 15 is 0 Å². The molecule has 0 radical (unpaired) electrons. The van der Waals surface area contributed by atoms with Crippen molar-refractivity contribution in [1.82, 2.24) is 5.32 Å². The van der Waals surface area contributed by atoms with Crippen molar-refractivity contribution in [3.63, 3.8) is 0 Å². The first-order valence-corrected chi connectivity index (χ1v) is 6.51. The second-order valence-corrected chi connectivity index (χ2v) is 4.62. The van der Waals surface area contributed by atoms with Crippen molar-refractivity contribution in [2.24, 2.45) is 5.73 Å². The van der Waals surface area contributed by atoms with E-state index in [0.29, 0.717) is 18.7 Å². The van der Waals surface area contributed by atoms with E-state index in [0.717, 1.165) is 30.6 Å². The fourth-order valence-electron chi connectivity index (χ4n) is 2.19. The molecule has 1 heterocycles. The summed E-state index contributed by atoms with van der Waals surface area (Å²) in [6.07, 6.45) is 2.81. The van der Waals surface area contributed by atoms with Crippen molar-refractivity contribution < 1.29 is 9.53 Å². The van der Waals surface area contributed by atoms with Crippen LogP contribution in [-0.2, 0) is 6.42 Å². The molecule has 1 aromatic carbocycles. The van der Waals surface area contributed by atoms with Gasteiger partial charge in [0.2, 0.25) is 0 Å². The number of carbonyl (C=O) groups is 1. The minimum Gasteiger partial charge on any atom is -0.493 e. The molecule has 1 aromatic rings. The highest BCUT2D eigenvalue weighted by Gasteiger charge is 2.16. The topological polar surface area (TPSA) is 64.3 Å². The van der Waals surface area contributed by atoms with Crippen LogP contribution in [0.5, 0.6) is 5.75 Å². The van der Waals surface area contributed by atoms with Crippen molar-refractivity contribution >= 4 is 5.91 Å². The van der Waals surface area contributed by atoms with Gasteiger partial charge in [0.25, 0.3) is 5.91 Å². The summed E-state index contributed by atoms with van der Waals surface area (Å²) in [5.74, 6) is 0.851. The van der Waals surface area contributed by atoms with Crippen LogP contribution in [0.2, 0.25) is 0 Å². The van der Waals surface area contributed by atoms with Crippen LogP contribution in [0.3, 0.4) is 0 Å². The average molecular weight is 248 g/mol. The summed E-state index contributed by atoms with van der Waals surface area (Å²) in [5, 5.41) is 2.97. The molecule has 18 heavy (non-hydrogen) atoms. The minimum atomic E-state index is -0.0476.